The number of nitrogens with two attached hydrogens (primary N) is 1. The van der Waals surface area contributed by atoms with E-state index in [4.69, 9.17) is 5.73 Å². The van der Waals surface area contributed by atoms with Gasteiger partial charge in [-0.05, 0) is 12.8 Å². The predicted molar refractivity (Wildman–Crippen MR) is 34.4 cm³/mol. The Hall–Kier alpha value is -0.500. The molecule has 0 spiro atoms. The van der Waals surface area contributed by atoms with Gasteiger partial charge in [0, 0.05) is 18.8 Å². The zero-order chi connectivity index (χ0) is 5.82. The molecule has 0 unspecified atom stereocenters. The van der Waals surface area contributed by atoms with Gasteiger partial charge in [-0.1, -0.05) is 6.08 Å². The number of hydrogen-bond donors (Lipinski definition) is 2. The second-order valence-electron chi connectivity index (χ2n) is 2.00. The highest BCUT2D eigenvalue weighted by molar-refractivity contribution is 5.03. The average molecular weight is 112 g/mol. The third-order valence-electron chi connectivity index (χ3n) is 1.34. The highest BCUT2D eigenvalue weighted by Crippen LogP contribution is 2.00. The van der Waals surface area contributed by atoms with Crippen LogP contribution in [0.4, 0.5) is 0 Å². The van der Waals surface area contributed by atoms with Crippen LogP contribution in [-0.2, 0) is 0 Å². The van der Waals surface area contributed by atoms with Crippen molar-refractivity contribution in [2.75, 3.05) is 13.1 Å². The molecule has 46 valence electrons. The van der Waals surface area contributed by atoms with E-state index in [1.165, 1.54) is 18.5 Å². The number of allylic oxidation sites excluding steroid dienone is 1. The minimum Gasteiger partial charge on any atom is -0.388 e. The van der Waals surface area contributed by atoms with Gasteiger partial charge in [-0.2, -0.15) is 0 Å². The van der Waals surface area contributed by atoms with Crippen molar-refractivity contribution in [3.05, 3.63) is 11.8 Å². The molecule has 0 bridgehead atoms. The molecule has 0 aromatic heterocycles. The van der Waals surface area contributed by atoms with Gasteiger partial charge in [-0.15, -0.1) is 0 Å². The first-order valence-corrected chi connectivity index (χ1v) is 3.06. The van der Waals surface area contributed by atoms with Crippen molar-refractivity contribution < 1.29 is 0 Å². The fourth-order valence-corrected chi connectivity index (χ4v) is 0.855. The summed E-state index contributed by atoms with van der Waals surface area (Å²) in [5, 5.41) is 3.20. The van der Waals surface area contributed by atoms with Crippen LogP contribution in [0.1, 0.15) is 12.8 Å². The maximum Gasteiger partial charge on any atom is 0.0325 e. The Bertz CT molecular complexity index is 96.7. The van der Waals surface area contributed by atoms with E-state index in [9.17, 15) is 0 Å². The molecule has 0 radical (unpaired) electrons. The molecule has 0 amide bonds. The summed E-state index contributed by atoms with van der Waals surface area (Å²) in [6, 6.07) is 0. The van der Waals surface area contributed by atoms with Crippen LogP contribution in [0.2, 0.25) is 0 Å². The summed E-state index contributed by atoms with van der Waals surface area (Å²) in [6.07, 6.45) is 4.62. The average Bonchev–Trinajstić information content (AvgIpc) is 1.90. The molecule has 0 aliphatic carbocycles. The number of rotatable bonds is 1. The van der Waals surface area contributed by atoms with Crippen LogP contribution in [0.15, 0.2) is 11.8 Å². The minimum absolute atomic E-state index is 0.667. The van der Waals surface area contributed by atoms with E-state index in [1.54, 1.807) is 0 Å². The van der Waals surface area contributed by atoms with Crippen molar-refractivity contribution in [1.29, 1.82) is 0 Å². The largest absolute Gasteiger partial charge is 0.388 e. The van der Waals surface area contributed by atoms with Crippen LogP contribution in [0, 0.1) is 0 Å². The lowest BCUT2D eigenvalue weighted by Crippen LogP contribution is -2.23. The molecule has 1 heterocycles. The second kappa shape index (κ2) is 2.72. The first-order valence-electron chi connectivity index (χ1n) is 3.06. The zero-order valence-corrected chi connectivity index (χ0v) is 4.98. The summed E-state index contributed by atoms with van der Waals surface area (Å²) >= 11 is 0. The van der Waals surface area contributed by atoms with Crippen LogP contribution in [0.3, 0.4) is 0 Å². The third kappa shape index (κ3) is 1.23. The van der Waals surface area contributed by atoms with Crippen LogP contribution in [-0.4, -0.2) is 13.1 Å². The maximum atomic E-state index is 5.37. The molecule has 1 aliphatic rings. The van der Waals surface area contributed by atoms with E-state index in [-0.39, 0.29) is 0 Å². The summed E-state index contributed by atoms with van der Waals surface area (Å²) in [5.41, 5.74) is 6.58. The normalized spacial score (nSPS) is 19.4. The SMILES string of the molecule is NCC1=CCCCN1. The fraction of sp³-hybridized carbons (Fsp3) is 0.667. The van der Waals surface area contributed by atoms with Crippen molar-refractivity contribution in [2.24, 2.45) is 5.73 Å². The molecule has 0 saturated carbocycles. The van der Waals surface area contributed by atoms with Crippen molar-refractivity contribution >= 4 is 0 Å². The van der Waals surface area contributed by atoms with Crippen molar-refractivity contribution in [2.45, 2.75) is 12.8 Å². The monoisotopic (exact) mass is 112 g/mol. The van der Waals surface area contributed by atoms with E-state index in [0.717, 1.165) is 6.54 Å². The summed E-state index contributed by atoms with van der Waals surface area (Å²) in [4.78, 5) is 0. The summed E-state index contributed by atoms with van der Waals surface area (Å²) in [7, 11) is 0. The van der Waals surface area contributed by atoms with Gasteiger partial charge in [-0.25, -0.2) is 0 Å². The number of hydrogen-bond acceptors (Lipinski definition) is 2. The standard InChI is InChI=1S/C6H12N2/c7-5-6-3-1-2-4-8-6/h3,8H,1-2,4-5,7H2. The molecule has 0 fully saturated rings. The Morgan fingerprint density at radius 1 is 1.75 bits per heavy atom. The van der Waals surface area contributed by atoms with E-state index >= 15 is 0 Å². The molecule has 2 heteroatoms. The molecule has 1 rings (SSSR count). The quantitative estimate of drug-likeness (QED) is 0.509. The highest BCUT2D eigenvalue weighted by Gasteiger charge is 1.96. The molecule has 3 N–H and O–H groups in total. The topological polar surface area (TPSA) is 38.0 Å². The molecule has 1 aliphatic heterocycles. The summed E-state index contributed by atoms with van der Waals surface area (Å²) < 4.78 is 0. The van der Waals surface area contributed by atoms with Crippen molar-refractivity contribution in [1.82, 2.24) is 5.32 Å². The molecule has 0 aromatic carbocycles. The molecule has 0 saturated heterocycles. The lowest BCUT2D eigenvalue weighted by Gasteiger charge is -2.12. The Kier molecular flexibility index (Phi) is 1.92. The maximum absolute atomic E-state index is 5.37. The Labute approximate surface area is 49.8 Å². The van der Waals surface area contributed by atoms with Gasteiger partial charge in [0.2, 0.25) is 0 Å². The molecule has 0 atom stereocenters. The van der Waals surface area contributed by atoms with E-state index in [1.807, 2.05) is 0 Å². The predicted octanol–water partition coefficient (Wildman–Crippen LogP) is 0.212. The fourth-order valence-electron chi connectivity index (χ4n) is 0.855. The van der Waals surface area contributed by atoms with E-state index in [0.29, 0.717) is 6.54 Å². The Morgan fingerprint density at radius 3 is 3.00 bits per heavy atom. The van der Waals surface area contributed by atoms with Crippen molar-refractivity contribution in [3.63, 3.8) is 0 Å². The second-order valence-corrected chi connectivity index (χ2v) is 2.00. The van der Waals surface area contributed by atoms with E-state index in [2.05, 4.69) is 11.4 Å². The van der Waals surface area contributed by atoms with Gasteiger partial charge >= 0.3 is 0 Å². The smallest absolute Gasteiger partial charge is 0.0325 e. The zero-order valence-electron chi connectivity index (χ0n) is 4.98. The first-order chi connectivity index (χ1) is 3.93. The van der Waals surface area contributed by atoms with Gasteiger partial charge in [0.1, 0.15) is 0 Å². The van der Waals surface area contributed by atoms with Gasteiger partial charge < -0.3 is 11.1 Å². The van der Waals surface area contributed by atoms with Crippen LogP contribution in [0.25, 0.3) is 0 Å². The highest BCUT2D eigenvalue weighted by atomic mass is 14.9. The van der Waals surface area contributed by atoms with Crippen LogP contribution < -0.4 is 11.1 Å². The van der Waals surface area contributed by atoms with Gasteiger partial charge in [0.25, 0.3) is 0 Å². The number of nitrogens with one attached hydrogen (secondary N) is 1. The molecule has 8 heavy (non-hydrogen) atoms. The third-order valence-corrected chi connectivity index (χ3v) is 1.34. The van der Waals surface area contributed by atoms with Gasteiger partial charge in [0.05, 0.1) is 0 Å². The van der Waals surface area contributed by atoms with Gasteiger partial charge in [0.15, 0.2) is 0 Å². The molecule has 2 nitrogen and oxygen atoms in total. The molecular weight excluding hydrogens is 100 g/mol. The van der Waals surface area contributed by atoms with Gasteiger partial charge in [-0.3, -0.25) is 0 Å². The summed E-state index contributed by atoms with van der Waals surface area (Å²) in [5.74, 6) is 0. The van der Waals surface area contributed by atoms with Crippen LogP contribution in [0.5, 0.6) is 0 Å². The lowest BCUT2D eigenvalue weighted by atomic mass is 10.2. The minimum atomic E-state index is 0.667. The Morgan fingerprint density at radius 2 is 2.62 bits per heavy atom. The van der Waals surface area contributed by atoms with E-state index < -0.39 is 0 Å². The Balaban J connectivity index is 2.37. The summed E-state index contributed by atoms with van der Waals surface area (Å²) in [6.45, 7) is 1.77. The lowest BCUT2D eigenvalue weighted by molar-refractivity contribution is 0.677. The van der Waals surface area contributed by atoms with Crippen molar-refractivity contribution in [3.8, 4) is 0 Å². The first kappa shape index (κ1) is 5.63. The molecule has 0 aromatic rings. The molecular formula is C6H12N2. The van der Waals surface area contributed by atoms with Crippen LogP contribution >= 0.6 is 0 Å².